The molecule has 0 bridgehead atoms. The Hall–Kier alpha value is -1.60. The number of rotatable bonds is 1. The zero-order valence-corrected chi connectivity index (χ0v) is 10.6. The molecule has 1 heterocycles. The molecular formula is C11H10ClF3N4. The highest BCUT2D eigenvalue weighted by atomic mass is 35.5. The van der Waals surface area contributed by atoms with Crippen LogP contribution >= 0.6 is 11.6 Å². The third-order valence-electron chi connectivity index (χ3n) is 2.42. The fraction of sp³-hybridized carbons (Fsp3) is 0.273. The van der Waals surface area contributed by atoms with E-state index in [0.29, 0.717) is 12.5 Å². The van der Waals surface area contributed by atoms with E-state index < -0.39 is 11.7 Å². The van der Waals surface area contributed by atoms with Crippen LogP contribution < -0.4 is 5.43 Å². The van der Waals surface area contributed by atoms with Crippen molar-refractivity contribution in [2.24, 2.45) is 9.98 Å². The number of aliphatic imine (C=N–C) groups is 2. The summed E-state index contributed by atoms with van der Waals surface area (Å²) in [4.78, 5) is 7.84. The Morgan fingerprint density at radius 3 is 2.79 bits per heavy atom. The molecule has 1 aliphatic heterocycles. The maximum absolute atomic E-state index is 12.9. The summed E-state index contributed by atoms with van der Waals surface area (Å²) in [5.74, 6) is 0.356. The topological polar surface area (TPSA) is 40.0 Å². The van der Waals surface area contributed by atoms with Crippen molar-refractivity contribution in [2.45, 2.75) is 13.1 Å². The van der Waals surface area contributed by atoms with E-state index in [4.69, 9.17) is 11.6 Å². The van der Waals surface area contributed by atoms with Crippen molar-refractivity contribution in [3.8, 4) is 0 Å². The Balaban J connectivity index is 2.39. The van der Waals surface area contributed by atoms with E-state index >= 15 is 0 Å². The van der Waals surface area contributed by atoms with Crippen LogP contribution in [0.1, 0.15) is 12.5 Å². The molecule has 0 saturated carbocycles. The highest BCUT2D eigenvalue weighted by Crippen LogP contribution is 2.37. The van der Waals surface area contributed by atoms with E-state index in [2.05, 4.69) is 15.4 Å². The molecule has 1 N–H and O–H groups in total. The van der Waals surface area contributed by atoms with Crippen molar-refractivity contribution < 1.29 is 13.2 Å². The first-order valence-corrected chi connectivity index (χ1v) is 5.70. The molecule has 0 atom stereocenters. The molecule has 2 rings (SSSR count). The largest absolute Gasteiger partial charge is 0.418 e. The lowest BCUT2D eigenvalue weighted by Crippen LogP contribution is -2.35. The Morgan fingerprint density at radius 2 is 2.21 bits per heavy atom. The van der Waals surface area contributed by atoms with Crippen molar-refractivity contribution in [1.29, 1.82) is 0 Å². The van der Waals surface area contributed by atoms with Gasteiger partial charge in [-0.25, -0.2) is 10.4 Å². The van der Waals surface area contributed by atoms with E-state index in [-0.39, 0.29) is 10.7 Å². The number of hydrogen-bond donors (Lipinski definition) is 1. The standard InChI is InChI=1S/C11H10ClF3N4/c1-7(19-6-16-5-17-19)18-10-3-2-8(12)4-9(10)11(13,14)15/h2-4,6,17H,5H2,1H3. The summed E-state index contributed by atoms with van der Waals surface area (Å²) in [5, 5.41) is 1.47. The van der Waals surface area contributed by atoms with Gasteiger partial charge < -0.3 is 0 Å². The highest BCUT2D eigenvalue weighted by Gasteiger charge is 2.34. The Morgan fingerprint density at radius 1 is 1.47 bits per heavy atom. The lowest BCUT2D eigenvalue weighted by molar-refractivity contribution is -0.137. The smallest absolute Gasteiger partial charge is 0.257 e. The first-order valence-electron chi connectivity index (χ1n) is 5.32. The van der Waals surface area contributed by atoms with Crippen LogP contribution in [0.2, 0.25) is 5.02 Å². The second-order valence-corrected chi connectivity index (χ2v) is 4.24. The molecule has 0 saturated heterocycles. The van der Waals surface area contributed by atoms with Gasteiger partial charge in [0.25, 0.3) is 0 Å². The fourth-order valence-electron chi connectivity index (χ4n) is 1.54. The normalized spacial score (nSPS) is 16.3. The van der Waals surface area contributed by atoms with Gasteiger partial charge in [0, 0.05) is 5.02 Å². The number of nitrogens with one attached hydrogen (secondary N) is 1. The van der Waals surface area contributed by atoms with E-state index in [1.165, 1.54) is 23.5 Å². The summed E-state index contributed by atoms with van der Waals surface area (Å²) in [6, 6.07) is 3.47. The van der Waals surface area contributed by atoms with Crippen LogP contribution in [0.5, 0.6) is 0 Å². The molecule has 8 heteroatoms. The van der Waals surface area contributed by atoms with Crippen molar-refractivity contribution in [3.63, 3.8) is 0 Å². The van der Waals surface area contributed by atoms with Gasteiger partial charge in [0.05, 0.1) is 11.3 Å². The van der Waals surface area contributed by atoms with Crippen LogP contribution in [-0.4, -0.2) is 23.9 Å². The maximum Gasteiger partial charge on any atom is 0.418 e. The quantitative estimate of drug-likeness (QED) is 0.637. The third-order valence-corrected chi connectivity index (χ3v) is 2.66. The second kappa shape index (κ2) is 5.18. The summed E-state index contributed by atoms with van der Waals surface area (Å²) in [7, 11) is 0. The number of benzene rings is 1. The van der Waals surface area contributed by atoms with Crippen LogP contribution in [-0.2, 0) is 6.18 Å². The molecule has 4 nitrogen and oxygen atoms in total. The average Bonchev–Trinajstić information content (AvgIpc) is 2.83. The number of hydrazine groups is 1. The molecule has 0 unspecified atom stereocenters. The SMILES string of the molecule is CC(=Nc1ccc(Cl)cc1C(F)(F)F)N1C=NCN1. The summed E-state index contributed by atoms with van der Waals surface area (Å²) in [6.45, 7) is 1.96. The van der Waals surface area contributed by atoms with E-state index in [1.54, 1.807) is 6.92 Å². The van der Waals surface area contributed by atoms with Gasteiger partial charge in [-0.3, -0.25) is 10.0 Å². The number of halogens is 4. The summed E-state index contributed by atoms with van der Waals surface area (Å²) in [6.07, 6.45) is -3.04. The summed E-state index contributed by atoms with van der Waals surface area (Å²) < 4.78 is 38.6. The molecule has 0 spiro atoms. The first-order chi connectivity index (χ1) is 8.88. The van der Waals surface area contributed by atoms with Crippen molar-refractivity contribution >= 4 is 29.5 Å². The van der Waals surface area contributed by atoms with E-state index in [0.717, 1.165) is 6.07 Å². The number of nitrogens with zero attached hydrogens (tertiary/aromatic N) is 3. The molecule has 1 aliphatic rings. The van der Waals surface area contributed by atoms with Gasteiger partial charge in [-0.1, -0.05) is 11.6 Å². The molecule has 0 amide bonds. The van der Waals surface area contributed by atoms with Crippen molar-refractivity contribution in [2.75, 3.05) is 6.67 Å². The number of amidine groups is 1. The molecule has 1 aromatic rings. The minimum absolute atomic E-state index is 0.0183. The van der Waals surface area contributed by atoms with E-state index in [9.17, 15) is 13.2 Å². The van der Waals surface area contributed by atoms with Gasteiger partial charge in [0.1, 0.15) is 18.8 Å². The predicted molar refractivity (Wildman–Crippen MR) is 67.6 cm³/mol. The molecule has 0 radical (unpaired) electrons. The summed E-state index contributed by atoms with van der Waals surface area (Å²) in [5.41, 5.74) is 1.77. The van der Waals surface area contributed by atoms with Crippen molar-refractivity contribution in [3.05, 3.63) is 28.8 Å². The summed E-state index contributed by atoms with van der Waals surface area (Å²) >= 11 is 5.59. The second-order valence-electron chi connectivity index (χ2n) is 3.80. The van der Waals surface area contributed by atoms with Gasteiger partial charge in [0.2, 0.25) is 0 Å². The van der Waals surface area contributed by atoms with Crippen LogP contribution in [0.3, 0.4) is 0 Å². The van der Waals surface area contributed by atoms with Gasteiger partial charge in [-0.05, 0) is 25.1 Å². The molecule has 102 valence electrons. The average molecular weight is 291 g/mol. The molecule has 19 heavy (non-hydrogen) atoms. The van der Waals surface area contributed by atoms with Gasteiger partial charge in [-0.15, -0.1) is 0 Å². The molecule has 0 aliphatic carbocycles. The monoisotopic (exact) mass is 290 g/mol. The fourth-order valence-corrected chi connectivity index (χ4v) is 1.71. The Bertz CT molecular complexity index is 539. The maximum atomic E-state index is 12.9. The van der Waals surface area contributed by atoms with Gasteiger partial charge in [0.15, 0.2) is 0 Å². The van der Waals surface area contributed by atoms with Gasteiger partial charge >= 0.3 is 6.18 Å². The minimum atomic E-state index is -4.50. The first kappa shape index (κ1) is 13.8. The molecule has 0 fully saturated rings. The molecular weight excluding hydrogens is 281 g/mol. The third kappa shape index (κ3) is 3.24. The van der Waals surface area contributed by atoms with E-state index in [1.807, 2.05) is 0 Å². The molecule has 1 aromatic carbocycles. The van der Waals surface area contributed by atoms with Crippen LogP contribution in [0.15, 0.2) is 28.2 Å². The lowest BCUT2D eigenvalue weighted by Gasteiger charge is -2.15. The predicted octanol–water partition coefficient (Wildman–Crippen LogP) is 3.21. The number of hydrogen-bond acceptors (Lipinski definition) is 3. The molecule has 0 aromatic heterocycles. The van der Waals surface area contributed by atoms with Crippen LogP contribution in [0, 0.1) is 0 Å². The minimum Gasteiger partial charge on any atom is -0.257 e. The highest BCUT2D eigenvalue weighted by molar-refractivity contribution is 6.30. The van der Waals surface area contributed by atoms with Crippen LogP contribution in [0.25, 0.3) is 0 Å². The zero-order chi connectivity index (χ0) is 14.0. The zero-order valence-electron chi connectivity index (χ0n) is 9.87. The lowest BCUT2D eigenvalue weighted by atomic mass is 10.2. The van der Waals surface area contributed by atoms with Crippen molar-refractivity contribution in [1.82, 2.24) is 10.4 Å². The Kier molecular flexibility index (Phi) is 3.77. The number of alkyl halides is 3. The van der Waals surface area contributed by atoms with Crippen LogP contribution in [0.4, 0.5) is 18.9 Å². The van der Waals surface area contributed by atoms with Gasteiger partial charge in [-0.2, -0.15) is 13.2 Å². The Labute approximate surface area is 112 Å².